The standard InChI is InChI=1S/C18H20INO3/c1-4-22-15-8-6-14(7-9-15)20-12-13-10-16(19)18(21-3)17(11-13)23-5-2/h6-12H,4-5H2,1-3H3. The van der Waals surface area contributed by atoms with E-state index in [0.717, 1.165) is 32.1 Å². The van der Waals surface area contributed by atoms with Gasteiger partial charge in [-0.1, -0.05) is 0 Å². The highest BCUT2D eigenvalue weighted by Gasteiger charge is 2.10. The molecule has 0 fully saturated rings. The zero-order valence-electron chi connectivity index (χ0n) is 13.5. The third-order valence-electron chi connectivity index (χ3n) is 3.05. The van der Waals surface area contributed by atoms with Gasteiger partial charge < -0.3 is 14.2 Å². The fourth-order valence-electron chi connectivity index (χ4n) is 2.07. The Kier molecular flexibility index (Phi) is 6.70. The maximum absolute atomic E-state index is 5.64. The highest BCUT2D eigenvalue weighted by Crippen LogP contribution is 2.33. The maximum Gasteiger partial charge on any atom is 0.174 e. The molecule has 0 aliphatic carbocycles. The second kappa shape index (κ2) is 8.76. The van der Waals surface area contributed by atoms with E-state index in [1.54, 1.807) is 7.11 Å². The van der Waals surface area contributed by atoms with E-state index in [4.69, 9.17) is 14.2 Å². The van der Waals surface area contributed by atoms with Crippen molar-refractivity contribution in [3.8, 4) is 17.2 Å². The van der Waals surface area contributed by atoms with Gasteiger partial charge in [-0.2, -0.15) is 0 Å². The fraction of sp³-hybridized carbons (Fsp3) is 0.278. The van der Waals surface area contributed by atoms with Crippen LogP contribution in [0.4, 0.5) is 5.69 Å². The molecule has 0 aliphatic heterocycles. The summed E-state index contributed by atoms with van der Waals surface area (Å²) in [5, 5.41) is 0. The van der Waals surface area contributed by atoms with Crippen LogP contribution in [0.1, 0.15) is 19.4 Å². The van der Waals surface area contributed by atoms with Gasteiger partial charge in [0.05, 0.1) is 29.6 Å². The predicted molar refractivity (Wildman–Crippen MR) is 102 cm³/mol. The molecule has 5 heteroatoms. The molecule has 2 aromatic rings. The molecule has 2 rings (SSSR count). The topological polar surface area (TPSA) is 40.0 Å². The van der Waals surface area contributed by atoms with Crippen LogP contribution in [0.15, 0.2) is 41.4 Å². The molecule has 0 saturated carbocycles. The molecular formula is C18H20INO3. The molecule has 0 spiro atoms. The minimum Gasteiger partial charge on any atom is -0.494 e. The van der Waals surface area contributed by atoms with Crippen LogP contribution in [0.25, 0.3) is 0 Å². The zero-order valence-corrected chi connectivity index (χ0v) is 15.7. The van der Waals surface area contributed by atoms with E-state index in [2.05, 4.69) is 27.6 Å². The first-order chi connectivity index (χ1) is 11.2. The van der Waals surface area contributed by atoms with Gasteiger partial charge in [-0.3, -0.25) is 4.99 Å². The van der Waals surface area contributed by atoms with Crippen molar-refractivity contribution < 1.29 is 14.2 Å². The van der Waals surface area contributed by atoms with Crippen molar-refractivity contribution in [3.05, 3.63) is 45.5 Å². The summed E-state index contributed by atoms with van der Waals surface area (Å²) in [6.45, 7) is 5.17. The molecule has 0 heterocycles. The summed E-state index contributed by atoms with van der Waals surface area (Å²) in [5.41, 5.74) is 1.84. The number of ether oxygens (including phenoxy) is 3. The van der Waals surface area contributed by atoms with Crippen molar-refractivity contribution in [2.45, 2.75) is 13.8 Å². The van der Waals surface area contributed by atoms with E-state index in [0.29, 0.717) is 13.2 Å². The van der Waals surface area contributed by atoms with Crippen molar-refractivity contribution in [2.24, 2.45) is 4.99 Å². The third-order valence-corrected chi connectivity index (χ3v) is 3.85. The molecule has 0 radical (unpaired) electrons. The summed E-state index contributed by atoms with van der Waals surface area (Å²) in [5.74, 6) is 2.34. The Morgan fingerprint density at radius 1 is 1.04 bits per heavy atom. The second-order valence-electron chi connectivity index (χ2n) is 4.65. The number of halogens is 1. The Labute approximate surface area is 150 Å². The molecule has 0 N–H and O–H groups in total. The molecule has 0 unspecified atom stereocenters. The SMILES string of the molecule is CCOc1ccc(N=Cc2cc(I)c(OC)c(OCC)c2)cc1. The van der Waals surface area contributed by atoms with Crippen molar-refractivity contribution >= 4 is 34.5 Å². The Bertz CT molecular complexity index is 669. The summed E-state index contributed by atoms with van der Waals surface area (Å²) in [6, 6.07) is 11.6. The van der Waals surface area contributed by atoms with Crippen LogP contribution in [0.2, 0.25) is 0 Å². The van der Waals surface area contributed by atoms with E-state index < -0.39 is 0 Å². The highest BCUT2D eigenvalue weighted by atomic mass is 127. The summed E-state index contributed by atoms with van der Waals surface area (Å²) >= 11 is 2.24. The first-order valence-corrected chi connectivity index (χ1v) is 8.53. The first-order valence-electron chi connectivity index (χ1n) is 7.45. The lowest BCUT2D eigenvalue weighted by Crippen LogP contribution is -1.98. The van der Waals surface area contributed by atoms with E-state index in [-0.39, 0.29) is 0 Å². The predicted octanol–water partition coefficient (Wildman–Crippen LogP) is 4.85. The van der Waals surface area contributed by atoms with Crippen LogP contribution in [-0.4, -0.2) is 26.5 Å². The van der Waals surface area contributed by atoms with Gasteiger partial charge >= 0.3 is 0 Å². The average molecular weight is 425 g/mol. The third kappa shape index (κ3) is 4.86. The van der Waals surface area contributed by atoms with E-state index in [1.165, 1.54) is 0 Å². The summed E-state index contributed by atoms with van der Waals surface area (Å²) in [6.07, 6.45) is 1.82. The zero-order chi connectivity index (χ0) is 16.7. The Morgan fingerprint density at radius 3 is 2.35 bits per heavy atom. The van der Waals surface area contributed by atoms with Crippen molar-refractivity contribution in [2.75, 3.05) is 20.3 Å². The van der Waals surface area contributed by atoms with Crippen molar-refractivity contribution in [1.29, 1.82) is 0 Å². The maximum atomic E-state index is 5.64. The average Bonchev–Trinajstić information content (AvgIpc) is 2.55. The molecule has 0 aromatic heterocycles. The van der Waals surface area contributed by atoms with E-state index in [9.17, 15) is 0 Å². The molecule has 0 atom stereocenters. The molecule has 2 aromatic carbocycles. The minimum absolute atomic E-state index is 0.589. The molecule has 0 bridgehead atoms. The Hall–Kier alpha value is -1.76. The largest absolute Gasteiger partial charge is 0.494 e. The molecule has 0 aliphatic rings. The first kappa shape index (κ1) is 17.6. The summed E-state index contributed by atoms with van der Waals surface area (Å²) < 4.78 is 17.4. The van der Waals surface area contributed by atoms with E-state index in [1.807, 2.05) is 56.5 Å². The highest BCUT2D eigenvalue weighted by molar-refractivity contribution is 14.1. The summed E-state index contributed by atoms with van der Waals surface area (Å²) in [4.78, 5) is 4.50. The van der Waals surface area contributed by atoms with Gasteiger partial charge in [0.25, 0.3) is 0 Å². The number of nitrogens with zero attached hydrogens (tertiary/aromatic N) is 1. The van der Waals surface area contributed by atoms with Crippen molar-refractivity contribution in [3.63, 3.8) is 0 Å². The number of benzene rings is 2. The molecule has 0 saturated heterocycles. The fourth-order valence-corrected chi connectivity index (χ4v) is 2.91. The van der Waals surface area contributed by atoms with Gasteiger partial charge in [-0.25, -0.2) is 0 Å². The lowest BCUT2D eigenvalue weighted by Gasteiger charge is -2.11. The molecule has 23 heavy (non-hydrogen) atoms. The number of aliphatic imine (C=N–C) groups is 1. The van der Waals surface area contributed by atoms with Gasteiger partial charge in [-0.15, -0.1) is 0 Å². The van der Waals surface area contributed by atoms with Gasteiger partial charge in [0.2, 0.25) is 0 Å². The van der Waals surface area contributed by atoms with Crippen LogP contribution in [0, 0.1) is 3.57 Å². The lowest BCUT2D eigenvalue weighted by molar-refractivity contribution is 0.309. The quantitative estimate of drug-likeness (QED) is 0.471. The minimum atomic E-state index is 0.589. The van der Waals surface area contributed by atoms with Crippen LogP contribution in [-0.2, 0) is 0 Å². The molecular weight excluding hydrogens is 405 g/mol. The van der Waals surface area contributed by atoms with Gasteiger partial charge in [0, 0.05) is 6.21 Å². The molecule has 122 valence electrons. The number of hydrogen-bond donors (Lipinski definition) is 0. The number of methoxy groups -OCH3 is 1. The van der Waals surface area contributed by atoms with Gasteiger partial charge in [0.1, 0.15) is 5.75 Å². The smallest absolute Gasteiger partial charge is 0.174 e. The van der Waals surface area contributed by atoms with Crippen LogP contribution in [0.5, 0.6) is 17.2 Å². The lowest BCUT2D eigenvalue weighted by atomic mass is 10.2. The van der Waals surface area contributed by atoms with Crippen LogP contribution in [0.3, 0.4) is 0 Å². The van der Waals surface area contributed by atoms with Crippen molar-refractivity contribution in [1.82, 2.24) is 0 Å². The second-order valence-corrected chi connectivity index (χ2v) is 5.81. The van der Waals surface area contributed by atoms with Gasteiger partial charge in [0.15, 0.2) is 11.5 Å². The van der Waals surface area contributed by atoms with Gasteiger partial charge in [-0.05, 0) is 78.4 Å². The number of rotatable bonds is 7. The van der Waals surface area contributed by atoms with E-state index >= 15 is 0 Å². The monoisotopic (exact) mass is 425 g/mol. The number of hydrogen-bond acceptors (Lipinski definition) is 4. The Morgan fingerprint density at radius 2 is 1.74 bits per heavy atom. The normalized spacial score (nSPS) is 10.8. The summed E-state index contributed by atoms with van der Waals surface area (Å²) in [7, 11) is 1.65. The van der Waals surface area contributed by atoms with Crippen LogP contribution < -0.4 is 14.2 Å². The molecule has 4 nitrogen and oxygen atoms in total. The Balaban J connectivity index is 2.21. The molecule has 0 amide bonds. The van der Waals surface area contributed by atoms with Crippen LogP contribution >= 0.6 is 22.6 Å².